The van der Waals surface area contributed by atoms with E-state index in [4.69, 9.17) is 0 Å². The first kappa shape index (κ1) is 25.5. The van der Waals surface area contributed by atoms with E-state index in [1.54, 1.807) is 0 Å². The van der Waals surface area contributed by atoms with Crippen LogP contribution in [-0.2, 0) is 19.5 Å². The maximum absolute atomic E-state index is 0. The maximum Gasteiger partial charge on any atom is 0 e. The molecule has 0 aromatic rings. The van der Waals surface area contributed by atoms with E-state index in [0.29, 0.717) is 0 Å². The summed E-state index contributed by atoms with van der Waals surface area (Å²) in [4.78, 5) is 0. The van der Waals surface area contributed by atoms with Crippen molar-refractivity contribution >= 4 is 88.7 Å². The molecule has 0 amide bonds. The van der Waals surface area contributed by atoms with Crippen molar-refractivity contribution in [1.82, 2.24) is 0 Å². The molecule has 3 radical (unpaired) electrons. The molecule has 0 aliphatic rings. The molecule has 0 saturated heterocycles. The quantitative estimate of drug-likeness (QED) is 0.403. The van der Waals surface area contributed by atoms with Gasteiger partial charge in [-0.3, -0.25) is 0 Å². The third-order valence-electron chi connectivity index (χ3n) is 0. The molecule has 0 rings (SSSR count). The summed E-state index contributed by atoms with van der Waals surface area (Å²) in [5.74, 6) is 0. The molecule has 0 heterocycles. The van der Waals surface area contributed by atoms with Crippen LogP contribution in [0.2, 0.25) is 0 Å². The van der Waals surface area contributed by atoms with Crippen molar-refractivity contribution < 1.29 is 19.5 Å². The summed E-state index contributed by atoms with van der Waals surface area (Å²) in [7, 11) is 0. The molecule has 4 heteroatoms. The van der Waals surface area contributed by atoms with Gasteiger partial charge in [0.25, 0.3) is 0 Å². The zero-order chi connectivity index (χ0) is 0. The van der Waals surface area contributed by atoms with Gasteiger partial charge in [0.15, 0.2) is 0 Å². The Morgan fingerprint density at radius 1 is 0.500 bits per heavy atom. The minimum Gasteiger partial charge on any atom is 0 e. The molecule has 0 aliphatic heterocycles. The van der Waals surface area contributed by atoms with Crippen molar-refractivity contribution in [2.75, 3.05) is 0 Å². The van der Waals surface area contributed by atoms with Crippen LogP contribution in [-0.4, -0.2) is 88.7 Å². The van der Waals surface area contributed by atoms with Crippen molar-refractivity contribution in [2.24, 2.45) is 0 Å². The Bertz CT molecular complexity index is 3.25. The average Bonchev–Trinajstić information content (AvgIpc) is 0. The minimum atomic E-state index is 0. The molecule has 0 spiro atoms. The fourth-order valence-corrected chi connectivity index (χ4v) is 0. The Labute approximate surface area is 105 Å². The predicted molar refractivity (Wildman–Crippen MR) is 17.3 cm³/mol. The van der Waals surface area contributed by atoms with E-state index in [1.165, 1.54) is 0 Å². The Morgan fingerprint density at radius 3 is 0.500 bits per heavy atom. The zero-order valence-electron chi connectivity index (χ0n) is 3.35. The van der Waals surface area contributed by atoms with Crippen molar-refractivity contribution in [3.63, 3.8) is 0 Å². The van der Waals surface area contributed by atoms with E-state index in [-0.39, 0.29) is 108 Å². The second-order valence-electron chi connectivity index (χ2n) is 0. The Hall–Kier alpha value is 3.62. The van der Waals surface area contributed by atoms with E-state index >= 15 is 0 Å². The Kier molecular flexibility index (Phi) is 102. The third kappa shape index (κ3) is 9.16. The van der Waals surface area contributed by atoms with Crippen LogP contribution in [0.4, 0.5) is 0 Å². The molecular formula is Na3Ru. The summed E-state index contributed by atoms with van der Waals surface area (Å²) in [5.41, 5.74) is 0. The molecule has 0 atom stereocenters. The Morgan fingerprint density at radius 2 is 0.500 bits per heavy atom. The molecule has 0 unspecified atom stereocenters. The fraction of sp³-hybridized carbons (Fsp3) is 0. The molecule has 0 bridgehead atoms. The molecular weight excluding hydrogens is 170 g/mol. The zero-order valence-corrected chi connectivity index (χ0v) is 11.1. The van der Waals surface area contributed by atoms with E-state index in [1.807, 2.05) is 0 Å². The van der Waals surface area contributed by atoms with E-state index in [0.717, 1.165) is 0 Å². The summed E-state index contributed by atoms with van der Waals surface area (Å²) >= 11 is 0. The molecule has 0 aromatic heterocycles. The second kappa shape index (κ2) is 16.0. The minimum absolute atomic E-state index is 0. The maximum atomic E-state index is 0. The first-order chi connectivity index (χ1) is 0. The molecule has 0 N–H and O–H groups in total. The van der Waals surface area contributed by atoms with E-state index in [2.05, 4.69) is 0 Å². The van der Waals surface area contributed by atoms with Crippen molar-refractivity contribution in [3.8, 4) is 0 Å². The van der Waals surface area contributed by atoms with Crippen LogP contribution in [0.25, 0.3) is 0 Å². The molecule has 11 valence electrons. The van der Waals surface area contributed by atoms with E-state index in [9.17, 15) is 0 Å². The molecule has 0 aromatic carbocycles. The summed E-state index contributed by atoms with van der Waals surface area (Å²) in [6.07, 6.45) is 0. The van der Waals surface area contributed by atoms with Crippen LogP contribution in [0.1, 0.15) is 0 Å². The number of rotatable bonds is 0. The van der Waals surface area contributed by atoms with Gasteiger partial charge in [0.2, 0.25) is 0 Å². The van der Waals surface area contributed by atoms with Gasteiger partial charge in [0, 0.05) is 108 Å². The Balaban J connectivity index is 0. The van der Waals surface area contributed by atoms with Gasteiger partial charge in [-0.1, -0.05) is 0 Å². The summed E-state index contributed by atoms with van der Waals surface area (Å²) in [5, 5.41) is 0. The van der Waals surface area contributed by atoms with Gasteiger partial charge in [-0.25, -0.2) is 0 Å². The fourth-order valence-electron chi connectivity index (χ4n) is 0. The van der Waals surface area contributed by atoms with Gasteiger partial charge in [0.05, 0.1) is 0 Å². The number of hydrogen-bond acceptors (Lipinski definition) is 0. The third-order valence-corrected chi connectivity index (χ3v) is 0. The molecule has 4 heavy (non-hydrogen) atoms. The molecule has 0 nitrogen and oxygen atoms in total. The number of hydrogen-bond donors (Lipinski definition) is 0. The van der Waals surface area contributed by atoms with Crippen molar-refractivity contribution in [1.29, 1.82) is 0 Å². The largest absolute Gasteiger partial charge is 0 e. The van der Waals surface area contributed by atoms with Crippen LogP contribution >= 0.6 is 0 Å². The SMILES string of the molecule is [Na].[Na].[Na].[Ru]. The summed E-state index contributed by atoms with van der Waals surface area (Å²) in [6.45, 7) is 0. The molecule has 0 aliphatic carbocycles. The van der Waals surface area contributed by atoms with Crippen LogP contribution in [0, 0.1) is 0 Å². The van der Waals surface area contributed by atoms with Crippen LogP contribution < -0.4 is 0 Å². The van der Waals surface area contributed by atoms with Gasteiger partial charge < -0.3 is 0 Å². The standard InChI is InChI=1S/3Na.Ru. The predicted octanol–water partition coefficient (Wildman–Crippen LogP) is -1.14. The summed E-state index contributed by atoms with van der Waals surface area (Å²) < 4.78 is 0. The smallest absolute Gasteiger partial charge is 0 e. The monoisotopic (exact) mass is 171 g/mol. The van der Waals surface area contributed by atoms with E-state index < -0.39 is 0 Å². The van der Waals surface area contributed by atoms with Crippen LogP contribution in [0.3, 0.4) is 0 Å². The van der Waals surface area contributed by atoms with Gasteiger partial charge in [-0.05, 0) is 0 Å². The van der Waals surface area contributed by atoms with Gasteiger partial charge in [-0.2, -0.15) is 0 Å². The van der Waals surface area contributed by atoms with Crippen LogP contribution in [0.5, 0.6) is 0 Å². The topological polar surface area (TPSA) is 0 Å². The van der Waals surface area contributed by atoms with Crippen LogP contribution in [0.15, 0.2) is 0 Å². The average molecular weight is 170 g/mol. The normalized spacial score (nSPS) is 0. The first-order valence-electron chi connectivity index (χ1n) is 0. The van der Waals surface area contributed by atoms with Gasteiger partial charge >= 0.3 is 0 Å². The van der Waals surface area contributed by atoms with Crippen molar-refractivity contribution in [2.45, 2.75) is 0 Å². The second-order valence-corrected chi connectivity index (χ2v) is 0. The van der Waals surface area contributed by atoms with Gasteiger partial charge in [-0.15, -0.1) is 0 Å². The molecule has 0 fully saturated rings. The summed E-state index contributed by atoms with van der Waals surface area (Å²) in [6, 6.07) is 0. The van der Waals surface area contributed by atoms with Crippen molar-refractivity contribution in [3.05, 3.63) is 0 Å². The molecule has 0 saturated carbocycles. The first-order valence-corrected chi connectivity index (χ1v) is 0. The van der Waals surface area contributed by atoms with Gasteiger partial charge in [0.1, 0.15) is 0 Å².